The van der Waals surface area contributed by atoms with Gasteiger partial charge in [-0.05, 0) is 56.0 Å². The van der Waals surface area contributed by atoms with E-state index >= 15 is 0 Å². The van der Waals surface area contributed by atoms with Crippen molar-refractivity contribution < 1.29 is 9.84 Å². The number of rotatable bonds is 6. The van der Waals surface area contributed by atoms with Crippen LogP contribution in [0.25, 0.3) is 5.69 Å². The van der Waals surface area contributed by atoms with Crippen molar-refractivity contribution in [3.05, 3.63) is 70.8 Å². The van der Waals surface area contributed by atoms with E-state index in [1.165, 1.54) is 6.42 Å². The van der Waals surface area contributed by atoms with E-state index in [0.29, 0.717) is 21.8 Å². The second-order valence-corrected chi connectivity index (χ2v) is 8.98. The summed E-state index contributed by atoms with van der Waals surface area (Å²) in [6.07, 6.45) is 11.2. The fourth-order valence-corrected chi connectivity index (χ4v) is 4.73. The van der Waals surface area contributed by atoms with Crippen LogP contribution in [0.2, 0.25) is 5.02 Å². The molecule has 164 valence electrons. The van der Waals surface area contributed by atoms with Crippen LogP contribution in [-0.2, 0) is 6.61 Å². The van der Waals surface area contributed by atoms with Crippen molar-refractivity contribution in [2.24, 2.45) is 0 Å². The highest BCUT2D eigenvalue weighted by atomic mass is 35.5. The normalized spacial score (nSPS) is 15.3. The maximum absolute atomic E-state index is 8.89. The monoisotopic (exact) mass is 466 g/mol. The molecule has 1 aliphatic rings. The van der Waals surface area contributed by atoms with E-state index in [4.69, 9.17) is 21.4 Å². The first kappa shape index (κ1) is 22.4. The Labute approximate surface area is 196 Å². The fraction of sp³-hybridized carbons (Fsp3) is 0.292. The summed E-state index contributed by atoms with van der Waals surface area (Å²) < 4.78 is 7.99. The number of nitrogens with zero attached hydrogens (tertiary/aromatic N) is 4. The SMILES string of the molecule is Cc1cc(OCc2nnc(SC3C=CCCC3)n2-c2cncc(Cl)c2)ccc1C#CCO. The van der Waals surface area contributed by atoms with Crippen LogP contribution in [0.5, 0.6) is 5.75 Å². The molecule has 0 saturated heterocycles. The molecule has 0 spiro atoms. The van der Waals surface area contributed by atoms with Crippen LogP contribution in [0.4, 0.5) is 0 Å². The van der Waals surface area contributed by atoms with Gasteiger partial charge in [0.05, 0.1) is 16.9 Å². The topological polar surface area (TPSA) is 73.1 Å². The zero-order valence-electron chi connectivity index (χ0n) is 17.7. The van der Waals surface area contributed by atoms with Crippen molar-refractivity contribution in [3.63, 3.8) is 0 Å². The van der Waals surface area contributed by atoms with Gasteiger partial charge < -0.3 is 9.84 Å². The molecule has 4 rings (SSSR count). The van der Waals surface area contributed by atoms with Gasteiger partial charge in [-0.1, -0.05) is 47.4 Å². The van der Waals surface area contributed by atoms with Gasteiger partial charge in [0.25, 0.3) is 0 Å². The molecule has 0 bridgehead atoms. The van der Waals surface area contributed by atoms with Gasteiger partial charge in [0.2, 0.25) is 0 Å². The summed E-state index contributed by atoms with van der Waals surface area (Å²) in [5.41, 5.74) is 2.64. The molecule has 1 aromatic carbocycles. The minimum atomic E-state index is -0.164. The van der Waals surface area contributed by atoms with Gasteiger partial charge >= 0.3 is 0 Å². The second-order valence-electron chi connectivity index (χ2n) is 7.34. The molecule has 0 saturated carbocycles. The predicted molar refractivity (Wildman–Crippen MR) is 126 cm³/mol. The van der Waals surface area contributed by atoms with Crippen LogP contribution < -0.4 is 4.74 Å². The van der Waals surface area contributed by atoms with Gasteiger partial charge in [0.1, 0.15) is 19.0 Å². The summed E-state index contributed by atoms with van der Waals surface area (Å²) in [7, 11) is 0. The minimum absolute atomic E-state index is 0.164. The zero-order chi connectivity index (χ0) is 22.3. The van der Waals surface area contributed by atoms with Crippen molar-refractivity contribution in [2.75, 3.05) is 6.61 Å². The lowest BCUT2D eigenvalue weighted by Gasteiger charge is -2.16. The first-order valence-corrected chi connectivity index (χ1v) is 11.6. The van der Waals surface area contributed by atoms with Gasteiger partial charge in [-0.15, -0.1) is 10.2 Å². The standard InChI is InChI=1S/C24H23ClN4O2S/c1-17-12-21(10-9-18(17)6-5-11-30)31-16-23-27-28-24(32-22-7-3-2-4-8-22)29(23)20-13-19(25)14-26-15-20/h3,7,9-10,12-15,22,30H,2,4,8,11,16H2,1H3. The number of aromatic nitrogens is 4. The number of aliphatic hydroxyl groups excluding tert-OH is 1. The molecule has 0 radical (unpaired) electrons. The Balaban J connectivity index is 1.58. The first-order valence-electron chi connectivity index (χ1n) is 10.4. The molecule has 1 aliphatic carbocycles. The van der Waals surface area contributed by atoms with Gasteiger partial charge in [0, 0.05) is 17.0 Å². The number of ether oxygens (including phenoxy) is 1. The average molecular weight is 467 g/mol. The molecule has 32 heavy (non-hydrogen) atoms. The Hall–Kier alpha value is -2.79. The molecule has 3 aromatic rings. The average Bonchev–Trinajstić information content (AvgIpc) is 3.20. The van der Waals surface area contributed by atoms with E-state index in [2.05, 4.69) is 39.2 Å². The molecular weight excluding hydrogens is 444 g/mol. The molecule has 2 heterocycles. The quantitative estimate of drug-likeness (QED) is 0.417. The number of hydrogen-bond acceptors (Lipinski definition) is 6. The Morgan fingerprint density at radius 1 is 1.28 bits per heavy atom. The van der Waals surface area contributed by atoms with E-state index in [1.54, 1.807) is 24.2 Å². The minimum Gasteiger partial charge on any atom is -0.486 e. The lowest BCUT2D eigenvalue weighted by atomic mass is 10.1. The number of halogens is 1. The van der Waals surface area contributed by atoms with Crippen LogP contribution in [0.3, 0.4) is 0 Å². The second kappa shape index (κ2) is 10.7. The zero-order valence-corrected chi connectivity index (χ0v) is 19.2. The smallest absolute Gasteiger partial charge is 0.196 e. The van der Waals surface area contributed by atoms with E-state index in [9.17, 15) is 0 Å². The Morgan fingerprint density at radius 2 is 2.19 bits per heavy atom. The lowest BCUT2D eigenvalue weighted by molar-refractivity contribution is 0.292. The highest BCUT2D eigenvalue weighted by Gasteiger charge is 2.20. The number of aryl methyl sites for hydroxylation is 1. The van der Waals surface area contributed by atoms with Gasteiger partial charge in [-0.25, -0.2) is 0 Å². The molecule has 8 heteroatoms. The van der Waals surface area contributed by atoms with Gasteiger partial charge in [0.15, 0.2) is 11.0 Å². The third kappa shape index (κ3) is 5.52. The third-order valence-corrected chi connectivity index (χ3v) is 6.36. The van der Waals surface area contributed by atoms with Crippen LogP contribution in [0, 0.1) is 18.8 Å². The summed E-state index contributed by atoms with van der Waals surface area (Å²) in [5, 5.41) is 19.4. The number of aliphatic hydroxyl groups is 1. The van der Waals surface area contributed by atoms with Crippen LogP contribution in [-0.4, -0.2) is 36.7 Å². The highest BCUT2D eigenvalue weighted by Crippen LogP contribution is 2.31. The van der Waals surface area contributed by atoms with E-state index in [-0.39, 0.29) is 13.2 Å². The number of pyridine rings is 1. The van der Waals surface area contributed by atoms with Crippen LogP contribution in [0.15, 0.2) is 54.0 Å². The molecule has 2 aromatic heterocycles. The predicted octanol–water partition coefficient (Wildman–Crippen LogP) is 4.75. The molecule has 1 atom stereocenters. The molecule has 0 aliphatic heterocycles. The molecule has 0 fully saturated rings. The summed E-state index contributed by atoms with van der Waals surface area (Å²) in [6.45, 7) is 2.03. The van der Waals surface area contributed by atoms with Crippen molar-refractivity contribution in [1.82, 2.24) is 19.7 Å². The van der Waals surface area contributed by atoms with Crippen molar-refractivity contribution in [3.8, 4) is 23.3 Å². The summed E-state index contributed by atoms with van der Waals surface area (Å²) in [5.74, 6) is 6.97. The summed E-state index contributed by atoms with van der Waals surface area (Å²) in [6, 6.07) is 7.51. The molecular formula is C24H23ClN4O2S. The first-order chi connectivity index (χ1) is 15.6. The maximum Gasteiger partial charge on any atom is 0.196 e. The Bertz CT molecular complexity index is 1180. The van der Waals surface area contributed by atoms with E-state index in [0.717, 1.165) is 34.8 Å². The largest absolute Gasteiger partial charge is 0.486 e. The fourth-order valence-electron chi connectivity index (χ4n) is 3.42. The Kier molecular flexibility index (Phi) is 7.48. The lowest BCUT2D eigenvalue weighted by Crippen LogP contribution is -2.09. The number of benzene rings is 1. The van der Waals surface area contributed by atoms with Crippen LogP contribution in [0.1, 0.15) is 36.2 Å². The highest BCUT2D eigenvalue weighted by molar-refractivity contribution is 7.99. The molecule has 0 amide bonds. The number of allylic oxidation sites excluding steroid dienone is 1. The van der Waals surface area contributed by atoms with Gasteiger partial charge in [-0.2, -0.15) is 0 Å². The van der Waals surface area contributed by atoms with Crippen molar-refractivity contribution >= 4 is 23.4 Å². The van der Waals surface area contributed by atoms with Crippen LogP contribution >= 0.6 is 23.4 Å². The van der Waals surface area contributed by atoms with E-state index < -0.39 is 0 Å². The third-order valence-electron chi connectivity index (χ3n) is 4.98. The molecule has 6 nitrogen and oxygen atoms in total. The summed E-state index contributed by atoms with van der Waals surface area (Å²) in [4.78, 5) is 4.23. The van der Waals surface area contributed by atoms with Crippen molar-refractivity contribution in [1.29, 1.82) is 0 Å². The Morgan fingerprint density at radius 3 is 2.94 bits per heavy atom. The van der Waals surface area contributed by atoms with E-state index in [1.807, 2.05) is 35.8 Å². The molecule has 1 unspecified atom stereocenters. The molecule has 1 N–H and O–H groups in total. The van der Waals surface area contributed by atoms with Crippen molar-refractivity contribution in [2.45, 2.75) is 43.2 Å². The number of thioether (sulfide) groups is 1. The van der Waals surface area contributed by atoms with Gasteiger partial charge in [-0.3, -0.25) is 9.55 Å². The summed E-state index contributed by atoms with van der Waals surface area (Å²) >= 11 is 7.89. The number of hydrogen-bond donors (Lipinski definition) is 1. The maximum atomic E-state index is 8.89.